The molecule has 0 aliphatic rings. The molecule has 0 fully saturated rings. The average Bonchev–Trinajstić information content (AvgIpc) is 2.33. The number of halogens is 2. The van der Waals surface area contributed by atoms with E-state index in [0.29, 0.717) is 6.54 Å². The summed E-state index contributed by atoms with van der Waals surface area (Å²) in [7, 11) is 3.96. The molecule has 18 heavy (non-hydrogen) atoms. The minimum Gasteiger partial charge on any atom is -0.308 e. The Morgan fingerprint density at radius 3 is 2.44 bits per heavy atom. The van der Waals surface area contributed by atoms with Crippen LogP contribution in [0.5, 0.6) is 0 Å². The first-order chi connectivity index (χ1) is 8.45. The highest BCUT2D eigenvalue weighted by Crippen LogP contribution is 2.28. The molecule has 98 valence electrons. The lowest BCUT2D eigenvalue weighted by molar-refractivity contribution is -0.114. The van der Waals surface area contributed by atoms with Crippen LogP contribution in [0.2, 0.25) is 0 Å². The van der Waals surface area contributed by atoms with E-state index in [4.69, 9.17) is 0 Å². The van der Waals surface area contributed by atoms with Gasteiger partial charge in [-0.25, -0.2) is 0 Å². The molecule has 0 heterocycles. The number of benzene rings is 1. The number of hydrogen-bond donors (Lipinski definition) is 0. The van der Waals surface area contributed by atoms with E-state index in [1.165, 1.54) is 6.08 Å². The van der Waals surface area contributed by atoms with Gasteiger partial charge in [-0.3, -0.25) is 4.79 Å². The molecule has 0 atom stereocenters. The van der Waals surface area contributed by atoms with E-state index in [0.717, 1.165) is 21.2 Å². The predicted molar refractivity (Wildman–Crippen MR) is 82.9 cm³/mol. The number of carbonyl (C=O) groups is 1. The van der Waals surface area contributed by atoms with Crippen molar-refractivity contribution in [2.24, 2.45) is 0 Å². The second-order valence-corrected chi connectivity index (χ2v) is 5.80. The summed E-state index contributed by atoms with van der Waals surface area (Å²) in [5, 5.41) is 0. The fraction of sp³-hybridized carbons (Fsp3) is 0.308. The van der Waals surface area contributed by atoms with E-state index in [1.807, 2.05) is 37.2 Å². The summed E-state index contributed by atoms with van der Waals surface area (Å²) in [6.07, 6.45) is 1.34. The number of nitrogens with zero attached hydrogens (tertiary/aromatic N) is 2. The predicted octanol–water partition coefficient (Wildman–Crippen LogP) is 3.29. The molecule has 0 bridgehead atoms. The summed E-state index contributed by atoms with van der Waals surface area (Å²) in [5.41, 5.74) is 0.858. The Bertz CT molecular complexity index is 447. The number of carbonyl (C=O) groups excluding carboxylic acids is 1. The maximum absolute atomic E-state index is 11.9. The van der Waals surface area contributed by atoms with Crippen molar-refractivity contribution in [3.63, 3.8) is 0 Å². The van der Waals surface area contributed by atoms with Gasteiger partial charge in [-0.15, -0.1) is 0 Å². The Kier molecular flexibility index (Phi) is 6.05. The second-order valence-electron chi connectivity index (χ2n) is 4.10. The third-order valence-electron chi connectivity index (χ3n) is 2.43. The highest BCUT2D eigenvalue weighted by atomic mass is 79.9. The third kappa shape index (κ3) is 4.23. The maximum Gasteiger partial charge on any atom is 0.250 e. The summed E-state index contributed by atoms with van der Waals surface area (Å²) in [6, 6.07) is 5.74. The average molecular weight is 376 g/mol. The first kappa shape index (κ1) is 15.4. The van der Waals surface area contributed by atoms with E-state index < -0.39 is 0 Å². The molecule has 0 aliphatic carbocycles. The highest BCUT2D eigenvalue weighted by molar-refractivity contribution is 9.13. The standard InChI is InChI=1S/C13H16Br2N2O/c1-4-13(18)17(8-7-16(2)3)10-5-6-11(14)12(15)9-10/h4-6,9H,1,7-8H2,2-3H3. The largest absolute Gasteiger partial charge is 0.308 e. The van der Waals surface area contributed by atoms with Crippen LogP contribution in [-0.4, -0.2) is 38.0 Å². The highest BCUT2D eigenvalue weighted by Gasteiger charge is 2.13. The van der Waals surface area contributed by atoms with E-state index >= 15 is 0 Å². The fourth-order valence-corrected chi connectivity index (χ4v) is 2.04. The summed E-state index contributed by atoms with van der Waals surface area (Å²) in [6.45, 7) is 4.98. The van der Waals surface area contributed by atoms with Gasteiger partial charge in [0.2, 0.25) is 5.91 Å². The van der Waals surface area contributed by atoms with Crippen molar-refractivity contribution in [2.45, 2.75) is 0 Å². The molecule has 0 N–H and O–H groups in total. The zero-order valence-corrected chi connectivity index (χ0v) is 13.7. The molecule has 0 unspecified atom stereocenters. The summed E-state index contributed by atoms with van der Waals surface area (Å²) in [5.74, 6) is -0.0916. The molecule has 0 radical (unpaired) electrons. The number of anilines is 1. The lowest BCUT2D eigenvalue weighted by atomic mass is 10.2. The van der Waals surface area contributed by atoms with Crippen molar-refractivity contribution >= 4 is 43.5 Å². The van der Waals surface area contributed by atoms with Gasteiger partial charge in [-0.05, 0) is 70.2 Å². The van der Waals surface area contributed by atoms with E-state index in [1.54, 1.807) is 4.90 Å². The van der Waals surface area contributed by atoms with Crippen molar-refractivity contribution in [2.75, 3.05) is 32.1 Å². The molecule has 1 rings (SSSR count). The Morgan fingerprint density at radius 1 is 1.28 bits per heavy atom. The minimum absolute atomic E-state index is 0.0916. The Morgan fingerprint density at radius 2 is 1.94 bits per heavy atom. The molecule has 0 aliphatic heterocycles. The third-order valence-corrected chi connectivity index (χ3v) is 4.31. The van der Waals surface area contributed by atoms with Crippen molar-refractivity contribution in [3.8, 4) is 0 Å². The normalized spacial score (nSPS) is 10.5. The maximum atomic E-state index is 11.9. The summed E-state index contributed by atoms with van der Waals surface area (Å²) in [4.78, 5) is 15.6. The molecule has 1 aromatic rings. The van der Waals surface area contributed by atoms with Crippen molar-refractivity contribution < 1.29 is 4.79 Å². The molecule has 3 nitrogen and oxygen atoms in total. The van der Waals surface area contributed by atoms with Crippen LogP contribution in [0, 0.1) is 0 Å². The molecular formula is C13H16Br2N2O. The van der Waals surface area contributed by atoms with Gasteiger partial charge in [0.05, 0.1) is 0 Å². The van der Waals surface area contributed by atoms with Gasteiger partial charge in [0.1, 0.15) is 0 Å². The van der Waals surface area contributed by atoms with Crippen molar-refractivity contribution in [3.05, 3.63) is 39.8 Å². The second kappa shape index (κ2) is 7.07. The van der Waals surface area contributed by atoms with E-state index in [2.05, 4.69) is 38.4 Å². The molecule has 0 aromatic heterocycles. The van der Waals surface area contributed by atoms with Crippen LogP contribution in [0.25, 0.3) is 0 Å². The number of hydrogen-bond acceptors (Lipinski definition) is 2. The van der Waals surface area contributed by atoms with Gasteiger partial charge in [0, 0.05) is 27.7 Å². The topological polar surface area (TPSA) is 23.6 Å². The van der Waals surface area contributed by atoms with Gasteiger partial charge >= 0.3 is 0 Å². The van der Waals surface area contributed by atoms with Gasteiger partial charge in [-0.1, -0.05) is 6.58 Å². The molecule has 0 spiro atoms. The Labute approximate surface area is 125 Å². The molecule has 0 saturated carbocycles. The Hall–Kier alpha value is -0.650. The quantitative estimate of drug-likeness (QED) is 0.737. The Balaban J connectivity index is 2.97. The smallest absolute Gasteiger partial charge is 0.250 e. The summed E-state index contributed by atoms with van der Waals surface area (Å²) < 4.78 is 1.89. The van der Waals surface area contributed by atoms with Crippen LogP contribution in [-0.2, 0) is 4.79 Å². The molecule has 0 saturated heterocycles. The zero-order chi connectivity index (χ0) is 13.7. The fourth-order valence-electron chi connectivity index (χ4n) is 1.43. The number of amides is 1. The molecule has 1 aromatic carbocycles. The van der Waals surface area contributed by atoms with Gasteiger partial charge < -0.3 is 9.80 Å². The first-order valence-electron chi connectivity index (χ1n) is 5.49. The van der Waals surface area contributed by atoms with Crippen LogP contribution >= 0.6 is 31.9 Å². The monoisotopic (exact) mass is 374 g/mol. The van der Waals surface area contributed by atoms with E-state index in [9.17, 15) is 4.79 Å². The van der Waals surface area contributed by atoms with E-state index in [-0.39, 0.29) is 5.91 Å². The van der Waals surface area contributed by atoms with Crippen LogP contribution in [0.15, 0.2) is 39.8 Å². The minimum atomic E-state index is -0.0916. The van der Waals surface area contributed by atoms with Crippen molar-refractivity contribution in [1.29, 1.82) is 0 Å². The molecule has 1 amide bonds. The number of likely N-dealkylation sites (N-methyl/N-ethyl adjacent to an activating group) is 1. The lowest BCUT2D eigenvalue weighted by Gasteiger charge is -2.23. The van der Waals surface area contributed by atoms with Crippen LogP contribution in [0.4, 0.5) is 5.69 Å². The van der Waals surface area contributed by atoms with Gasteiger partial charge in [0.15, 0.2) is 0 Å². The van der Waals surface area contributed by atoms with Crippen LogP contribution < -0.4 is 4.90 Å². The number of rotatable bonds is 5. The SMILES string of the molecule is C=CC(=O)N(CCN(C)C)c1ccc(Br)c(Br)c1. The lowest BCUT2D eigenvalue weighted by Crippen LogP contribution is -2.35. The molecule has 5 heteroatoms. The van der Waals surface area contributed by atoms with Crippen molar-refractivity contribution in [1.82, 2.24) is 4.90 Å². The van der Waals surface area contributed by atoms with Crippen LogP contribution in [0.3, 0.4) is 0 Å². The van der Waals surface area contributed by atoms with Crippen LogP contribution in [0.1, 0.15) is 0 Å². The molecular weight excluding hydrogens is 360 g/mol. The van der Waals surface area contributed by atoms with Gasteiger partial charge in [0.25, 0.3) is 0 Å². The first-order valence-corrected chi connectivity index (χ1v) is 7.08. The zero-order valence-electron chi connectivity index (χ0n) is 10.5. The van der Waals surface area contributed by atoms with Gasteiger partial charge in [-0.2, -0.15) is 0 Å². The summed E-state index contributed by atoms with van der Waals surface area (Å²) >= 11 is 6.86.